The van der Waals surface area contributed by atoms with E-state index in [4.69, 9.17) is 46.4 Å². The summed E-state index contributed by atoms with van der Waals surface area (Å²) in [6.07, 6.45) is 6.51. The number of rotatable bonds is 0. The second kappa shape index (κ2) is 16.0. The number of aryl methyl sites for hydroxylation is 6. The van der Waals surface area contributed by atoms with Gasteiger partial charge in [0.25, 0.3) is 0 Å². The van der Waals surface area contributed by atoms with Gasteiger partial charge in [-0.25, -0.2) is 44.9 Å². The molecule has 48 heavy (non-hydrogen) atoms. The Morgan fingerprint density at radius 2 is 0.979 bits per heavy atom. The minimum Gasteiger partial charge on any atom is -0.342 e. The molecular formula is C28H32Cl4N16. The Kier molecular flexibility index (Phi) is 12.6. The summed E-state index contributed by atoms with van der Waals surface area (Å²) in [7, 11) is 3.80. The molecule has 8 heterocycles. The lowest BCUT2D eigenvalue weighted by Gasteiger charge is -1.97. The highest BCUT2D eigenvalue weighted by atomic mass is 35.5. The summed E-state index contributed by atoms with van der Waals surface area (Å²) >= 11 is 22.5. The van der Waals surface area contributed by atoms with E-state index >= 15 is 0 Å². The first-order valence-electron chi connectivity index (χ1n) is 13.2. The molecule has 0 saturated heterocycles. The molecule has 20 heteroatoms. The van der Waals surface area contributed by atoms with Crippen molar-refractivity contribution >= 4 is 91.1 Å². The van der Waals surface area contributed by atoms with Gasteiger partial charge in [-0.1, -0.05) is 26.5 Å². The fourth-order valence-electron chi connectivity index (χ4n) is 4.12. The SMILES string of the molecule is C.C.Cc1nc(C)c2ncn(C)c2n1.Cc1nc(Cl)nc2c1ncn2C.Cc1nc(Cl)nc2nc[nH]c12.Clc1nc(Cl)c2[nH]cnc2n1. The van der Waals surface area contributed by atoms with Crippen molar-refractivity contribution in [3.8, 4) is 0 Å². The van der Waals surface area contributed by atoms with Crippen LogP contribution in [0.4, 0.5) is 0 Å². The van der Waals surface area contributed by atoms with Crippen LogP contribution in [0.25, 0.3) is 44.7 Å². The van der Waals surface area contributed by atoms with Crippen LogP contribution in [0.1, 0.15) is 37.8 Å². The van der Waals surface area contributed by atoms with Gasteiger partial charge in [-0.2, -0.15) is 15.0 Å². The second-order valence-corrected chi connectivity index (χ2v) is 10.9. The molecule has 0 aromatic carbocycles. The van der Waals surface area contributed by atoms with E-state index in [-0.39, 0.29) is 35.9 Å². The first kappa shape index (κ1) is 37.8. The van der Waals surface area contributed by atoms with Crippen LogP contribution in [0.3, 0.4) is 0 Å². The number of imidazole rings is 4. The molecule has 0 aliphatic heterocycles. The van der Waals surface area contributed by atoms with Gasteiger partial charge in [0.1, 0.15) is 27.9 Å². The third-order valence-corrected chi connectivity index (χ3v) is 6.99. The van der Waals surface area contributed by atoms with Gasteiger partial charge in [-0.15, -0.1) is 0 Å². The van der Waals surface area contributed by atoms with Gasteiger partial charge in [-0.3, -0.25) is 0 Å². The largest absolute Gasteiger partial charge is 0.342 e. The highest BCUT2D eigenvalue weighted by Gasteiger charge is 2.08. The number of halogens is 4. The number of nitrogens with zero attached hydrogens (tertiary/aromatic N) is 14. The fraction of sp³-hybridized carbons (Fsp3) is 0.286. The van der Waals surface area contributed by atoms with Crippen molar-refractivity contribution in [3.63, 3.8) is 0 Å². The van der Waals surface area contributed by atoms with Gasteiger partial charge in [0, 0.05) is 14.1 Å². The summed E-state index contributed by atoms with van der Waals surface area (Å²) in [5.41, 5.74) is 8.49. The Balaban J connectivity index is 0.000000171. The van der Waals surface area contributed by atoms with Crippen molar-refractivity contribution in [1.29, 1.82) is 0 Å². The van der Waals surface area contributed by atoms with Gasteiger partial charge in [0.15, 0.2) is 27.7 Å². The first-order chi connectivity index (χ1) is 21.9. The normalized spacial score (nSPS) is 10.4. The molecule has 0 bridgehead atoms. The third kappa shape index (κ3) is 8.44. The molecule has 16 nitrogen and oxygen atoms in total. The molecule has 0 amide bonds. The first-order valence-corrected chi connectivity index (χ1v) is 14.7. The number of aromatic nitrogens is 16. The van der Waals surface area contributed by atoms with Crippen molar-refractivity contribution in [2.75, 3.05) is 0 Å². The molecule has 8 aromatic heterocycles. The summed E-state index contributed by atoms with van der Waals surface area (Å²) in [4.78, 5) is 53.8. The van der Waals surface area contributed by atoms with Gasteiger partial charge >= 0.3 is 0 Å². The molecule has 2 N–H and O–H groups in total. The quantitative estimate of drug-likeness (QED) is 0.126. The molecule has 8 rings (SSSR count). The third-order valence-electron chi connectivity index (χ3n) is 6.21. The van der Waals surface area contributed by atoms with E-state index in [1.165, 1.54) is 6.33 Å². The van der Waals surface area contributed by atoms with Crippen molar-refractivity contribution in [3.05, 3.63) is 69.2 Å². The highest BCUT2D eigenvalue weighted by Crippen LogP contribution is 2.18. The standard InChI is InChI=1S/C8H10N4.C7H7ClN4.C6H5ClN4.C5H2Cl2N4.2CH4/c1-5-7-8(11-6(2)10-5)12(3)4-9-7;1-4-5-6(11-7(8)10-4)12(2)3-9-5;1-3-4-5(9-2-8-4)11-6(7)10-3;6-3-2-4(9-1-8-2)11-5(7)10-3;;/h4H,1-3H3;3H,1-2H3;2H,1H3,(H,8,9,10,11);1H,(H,8,9,10,11);2*1H4. The number of hydrogen-bond donors (Lipinski definition) is 2. The zero-order valence-electron chi connectivity index (χ0n) is 25.1. The Bertz CT molecular complexity index is 2140. The van der Waals surface area contributed by atoms with E-state index < -0.39 is 0 Å². The van der Waals surface area contributed by atoms with Gasteiger partial charge < -0.3 is 19.1 Å². The molecular weight excluding hydrogens is 702 g/mol. The summed E-state index contributed by atoms with van der Waals surface area (Å²) < 4.78 is 3.72. The summed E-state index contributed by atoms with van der Waals surface area (Å²) in [6.45, 7) is 7.56. The number of fused-ring (bicyclic) bond motifs is 4. The maximum atomic E-state index is 5.70. The van der Waals surface area contributed by atoms with Crippen LogP contribution >= 0.6 is 46.4 Å². The van der Waals surface area contributed by atoms with Crippen LogP contribution < -0.4 is 0 Å². The van der Waals surface area contributed by atoms with Crippen LogP contribution in [0, 0.1) is 27.7 Å². The lowest BCUT2D eigenvalue weighted by atomic mass is 10.4. The zero-order chi connectivity index (χ0) is 33.1. The van der Waals surface area contributed by atoms with Crippen molar-refractivity contribution < 1.29 is 0 Å². The van der Waals surface area contributed by atoms with Crippen molar-refractivity contribution in [2.24, 2.45) is 14.1 Å². The summed E-state index contributed by atoms with van der Waals surface area (Å²) in [5, 5.41) is 0.901. The Morgan fingerprint density at radius 3 is 1.58 bits per heavy atom. The molecule has 0 radical (unpaired) electrons. The minimum absolute atomic E-state index is 0. The molecule has 0 atom stereocenters. The van der Waals surface area contributed by atoms with Gasteiger partial charge in [0.2, 0.25) is 15.9 Å². The monoisotopic (exact) mass is 732 g/mol. The van der Waals surface area contributed by atoms with E-state index in [2.05, 4.69) is 69.8 Å². The average molecular weight is 734 g/mol. The Hall–Kier alpha value is -4.64. The van der Waals surface area contributed by atoms with Crippen LogP contribution in [-0.4, -0.2) is 78.9 Å². The number of aromatic amines is 2. The smallest absolute Gasteiger partial charge is 0.225 e. The van der Waals surface area contributed by atoms with Crippen molar-refractivity contribution in [2.45, 2.75) is 42.5 Å². The van der Waals surface area contributed by atoms with E-state index in [9.17, 15) is 0 Å². The van der Waals surface area contributed by atoms with E-state index in [1.54, 1.807) is 19.0 Å². The molecule has 0 aliphatic carbocycles. The van der Waals surface area contributed by atoms with Crippen LogP contribution in [0.5, 0.6) is 0 Å². The van der Waals surface area contributed by atoms with Crippen LogP contribution in [-0.2, 0) is 14.1 Å². The molecule has 0 saturated carbocycles. The summed E-state index contributed by atoms with van der Waals surface area (Å²) in [5.74, 6) is 0.795. The van der Waals surface area contributed by atoms with Gasteiger partial charge in [-0.05, 0) is 62.5 Å². The van der Waals surface area contributed by atoms with Gasteiger partial charge in [0.05, 0.1) is 42.4 Å². The number of hydrogen-bond acceptors (Lipinski definition) is 12. The van der Waals surface area contributed by atoms with Crippen molar-refractivity contribution in [1.82, 2.24) is 78.9 Å². The highest BCUT2D eigenvalue weighted by molar-refractivity contribution is 6.35. The predicted molar refractivity (Wildman–Crippen MR) is 188 cm³/mol. The minimum atomic E-state index is 0. The predicted octanol–water partition coefficient (Wildman–Crippen LogP) is 6.55. The van der Waals surface area contributed by atoms with E-state index in [1.807, 2.05) is 50.9 Å². The summed E-state index contributed by atoms with van der Waals surface area (Å²) in [6, 6.07) is 0. The molecule has 252 valence electrons. The lowest BCUT2D eigenvalue weighted by molar-refractivity contribution is 0.917. The maximum Gasteiger partial charge on any atom is 0.225 e. The molecule has 0 fully saturated rings. The zero-order valence-corrected chi connectivity index (χ0v) is 28.1. The lowest BCUT2D eigenvalue weighted by Crippen LogP contribution is -1.95. The maximum absolute atomic E-state index is 5.70. The second-order valence-electron chi connectivity index (χ2n) is 9.55. The van der Waals surface area contributed by atoms with Crippen LogP contribution in [0.15, 0.2) is 25.3 Å². The molecule has 0 spiro atoms. The fourth-order valence-corrected chi connectivity index (χ4v) is 4.96. The van der Waals surface area contributed by atoms with Crippen LogP contribution in [0.2, 0.25) is 21.0 Å². The molecule has 0 aliphatic rings. The number of nitrogens with one attached hydrogen (secondary N) is 2. The number of H-pyrrole nitrogens is 2. The topological polar surface area (TPSA) is 196 Å². The van der Waals surface area contributed by atoms with E-state index in [0.29, 0.717) is 16.8 Å². The average Bonchev–Trinajstić information content (AvgIpc) is 3.79. The molecule has 0 unspecified atom stereocenters. The van der Waals surface area contributed by atoms with E-state index in [0.717, 1.165) is 50.8 Å². The molecule has 8 aromatic rings. The Labute approximate surface area is 294 Å². The Morgan fingerprint density at radius 1 is 0.521 bits per heavy atom.